The Balaban J connectivity index is 1.59. The van der Waals surface area contributed by atoms with Gasteiger partial charge in [0, 0.05) is 24.3 Å². The third-order valence-electron chi connectivity index (χ3n) is 5.96. The van der Waals surface area contributed by atoms with Crippen molar-refractivity contribution in [1.29, 1.82) is 0 Å². The van der Waals surface area contributed by atoms with E-state index in [2.05, 4.69) is 10.6 Å². The molecule has 0 radical (unpaired) electrons. The lowest BCUT2D eigenvalue weighted by Gasteiger charge is -2.24. The number of hydrogen-bond acceptors (Lipinski definition) is 4. The third kappa shape index (κ3) is 4.36. The molecule has 2 N–H and O–H groups in total. The Morgan fingerprint density at radius 2 is 1.90 bits per heavy atom. The molecule has 8 heteroatoms. The van der Waals surface area contributed by atoms with Crippen molar-refractivity contribution in [3.05, 3.63) is 53.1 Å². The molecule has 0 unspecified atom stereocenters. The predicted octanol–water partition coefficient (Wildman–Crippen LogP) is 3.37. The number of benzene rings is 2. The van der Waals surface area contributed by atoms with Crippen molar-refractivity contribution in [1.82, 2.24) is 4.31 Å². The van der Waals surface area contributed by atoms with Crippen LogP contribution in [0.1, 0.15) is 42.4 Å². The molecule has 1 saturated heterocycles. The van der Waals surface area contributed by atoms with Crippen molar-refractivity contribution < 1.29 is 18.0 Å². The smallest absolute Gasteiger partial charge is 0.243 e. The van der Waals surface area contributed by atoms with Gasteiger partial charge in [0.2, 0.25) is 21.8 Å². The van der Waals surface area contributed by atoms with E-state index in [0.717, 1.165) is 16.7 Å². The molecule has 2 aliphatic heterocycles. The van der Waals surface area contributed by atoms with Gasteiger partial charge < -0.3 is 10.6 Å². The van der Waals surface area contributed by atoms with Crippen LogP contribution in [0.4, 0.5) is 11.4 Å². The fourth-order valence-electron chi connectivity index (χ4n) is 4.22. The summed E-state index contributed by atoms with van der Waals surface area (Å²) in [4.78, 5) is 24.9. The van der Waals surface area contributed by atoms with E-state index in [1.165, 1.54) is 10.4 Å². The number of anilines is 2. The van der Waals surface area contributed by atoms with Crippen LogP contribution < -0.4 is 10.6 Å². The van der Waals surface area contributed by atoms with Crippen LogP contribution in [-0.2, 0) is 26.0 Å². The Kier molecular flexibility index (Phi) is 5.85. The van der Waals surface area contributed by atoms with Crippen LogP contribution in [0.2, 0.25) is 0 Å². The van der Waals surface area contributed by atoms with Gasteiger partial charge in [0.25, 0.3) is 0 Å². The molecule has 2 heterocycles. The molecule has 0 aromatic heterocycles. The van der Waals surface area contributed by atoms with Crippen molar-refractivity contribution in [3.63, 3.8) is 0 Å². The van der Waals surface area contributed by atoms with E-state index in [1.54, 1.807) is 12.1 Å². The summed E-state index contributed by atoms with van der Waals surface area (Å²) in [7, 11) is -3.84. The molecule has 2 aromatic rings. The second kappa shape index (κ2) is 8.43. The Morgan fingerprint density at radius 1 is 1.10 bits per heavy atom. The number of aryl methyl sites for hydroxylation is 3. The Labute approximate surface area is 182 Å². The van der Waals surface area contributed by atoms with Crippen LogP contribution >= 0.6 is 0 Å². The molecule has 2 amide bonds. The van der Waals surface area contributed by atoms with E-state index in [9.17, 15) is 18.0 Å². The highest BCUT2D eigenvalue weighted by molar-refractivity contribution is 7.89. The van der Waals surface area contributed by atoms with Gasteiger partial charge in [0.15, 0.2) is 0 Å². The number of hydrogen-bond donors (Lipinski definition) is 2. The lowest BCUT2D eigenvalue weighted by atomic mass is 10.1. The summed E-state index contributed by atoms with van der Waals surface area (Å²) in [6.07, 6.45) is 2.84. The lowest BCUT2D eigenvalue weighted by molar-refractivity contribution is -0.119. The quantitative estimate of drug-likeness (QED) is 0.760. The zero-order chi connectivity index (χ0) is 22.2. The van der Waals surface area contributed by atoms with Gasteiger partial charge in [-0.1, -0.05) is 12.1 Å². The Morgan fingerprint density at radius 3 is 2.71 bits per heavy atom. The molecule has 1 atom stereocenters. The van der Waals surface area contributed by atoms with Crippen molar-refractivity contribution in [2.24, 2.45) is 0 Å². The molecule has 164 valence electrons. The fourth-order valence-corrected chi connectivity index (χ4v) is 5.93. The van der Waals surface area contributed by atoms with E-state index in [0.29, 0.717) is 50.0 Å². The van der Waals surface area contributed by atoms with Gasteiger partial charge in [-0.25, -0.2) is 8.42 Å². The monoisotopic (exact) mass is 441 g/mol. The molecule has 0 bridgehead atoms. The Bertz CT molecular complexity index is 1140. The van der Waals surface area contributed by atoms with Gasteiger partial charge in [-0.05, 0) is 80.5 Å². The molecular weight excluding hydrogens is 414 g/mol. The van der Waals surface area contributed by atoms with Crippen molar-refractivity contribution >= 4 is 33.2 Å². The topological polar surface area (TPSA) is 95.6 Å². The molecule has 7 nitrogen and oxygen atoms in total. The number of sulfonamides is 1. The minimum absolute atomic E-state index is 0.0583. The number of rotatable bonds is 4. The molecule has 0 aliphatic carbocycles. The first-order valence-electron chi connectivity index (χ1n) is 10.6. The van der Waals surface area contributed by atoms with Crippen molar-refractivity contribution in [2.75, 3.05) is 17.2 Å². The van der Waals surface area contributed by atoms with Crippen LogP contribution in [0.25, 0.3) is 0 Å². The third-order valence-corrected chi connectivity index (χ3v) is 7.87. The molecule has 31 heavy (non-hydrogen) atoms. The first-order chi connectivity index (χ1) is 14.8. The molecule has 0 spiro atoms. The molecule has 1 fully saturated rings. The maximum Gasteiger partial charge on any atom is 0.243 e. The van der Waals surface area contributed by atoms with Crippen LogP contribution in [0, 0.1) is 13.8 Å². The molecule has 0 saturated carbocycles. The van der Waals surface area contributed by atoms with Crippen LogP contribution in [-0.4, -0.2) is 37.1 Å². The fraction of sp³-hybridized carbons (Fsp3) is 0.391. The zero-order valence-corrected chi connectivity index (χ0v) is 18.6. The summed E-state index contributed by atoms with van der Waals surface area (Å²) >= 11 is 0. The van der Waals surface area contributed by atoms with Gasteiger partial charge in [-0.3, -0.25) is 9.59 Å². The Hall–Kier alpha value is -2.71. The highest BCUT2D eigenvalue weighted by atomic mass is 32.2. The van der Waals surface area contributed by atoms with Crippen LogP contribution in [0.15, 0.2) is 41.3 Å². The molecular formula is C23H27N3O4S. The van der Waals surface area contributed by atoms with Crippen LogP contribution in [0.3, 0.4) is 0 Å². The molecule has 4 rings (SSSR count). The maximum absolute atomic E-state index is 13.4. The second-order valence-electron chi connectivity index (χ2n) is 8.30. The number of amides is 2. The van der Waals surface area contributed by atoms with E-state index < -0.39 is 16.1 Å². The van der Waals surface area contributed by atoms with Gasteiger partial charge in [0.05, 0.1) is 4.90 Å². The van der Waals surface area contributed by atoms with Gasteiger partial charge in [-0.15, -0.1) is 0 Å². The van der Waals surface area contributed by atoms with Crippen LogP contribution in [0.5, 0.6) is 0 Å². The number of nitrogens with zero attached hydrogens (tertiary/aromatic N) is 1. The predicted molar refractivity (Wildman–Crippen MR) is 119 cm³/mol. The summed E-state index contributed by atoms with van der Waals surface area (Å²) in [5.41, 5.74) is 4.12. The number of nitrogens with one attached hydrogen (secondary N) is 2. The van der Waals surface area contributed by atoms with E-state index in [4.69, 9.17) is 0 Å². The standard InChI is InChI=1S/C23H27N3O4S/c1-15-8-9-16(2)20(13-15)25-23(28)21-6-4-12-26(21)31(29,30)18-10-11-19-17(14-18)5-3-7-22(27)24-19/h8-11,13-14,21H,3-7,12H2,1-2H3,(H,24,27)(H,25,28)/t21-/m0/s1. The lowest BCUT2D eigenvalue weighted by Crippen LogP contribution is -2.43. The zero-order valence-electron chi connectivity index (χ0n) is 17.8. The van der Waals surface area contributed by atoms with E-state index in [1.807, 2.05) is 32.0 Å². The summed E-state index contributed by atoms with van der Waals surface area (Å²) in [5.74, 6) is -0.367. The number of carbonyl (C=O) groups excluding carboxylic acids is 2. The van der Waals surface area contributed by atoms with E-state index >= 15 is 0 Å². The second-order valence-corrected chi connectivity index (χ2v) is 10.2. The summed E-state index contributed by atoms with van der Waals surface area (Å²) in [6.45, 7) is 4.16. The molecule has 2 aliphatic rings. The largest absolute Gasteiger partial charge is 0.326 e. The highest BCUT2D eigenvalue weighted by Crippen LogP contribution is 2.31. The van der Waals surface area contributed by atoms with Crippen molar-refractivity contribution in [2.45, 2.75) is 56.9 Å². The first kappa shape index (κ1) is 21.5. The van der Waals surface area contributed by atoms with Gasteiger partial charge >= 0.3 is 0 Å². The maximum atomic E-state index is 13.4. The average Bonchev–Trinajstić information content (AvgIpc) is 3.15. The summed E-state index contributed by atoms with van der Waals surface area (Å²) in [6, 6.07) is 9.84. The highest BCUT2D eigenvalue weighted by Gasteiger charge is 2.39. The van der Waals surface area contributed by atoms with Crippen molar-refractivity contribution in [3.8, 4) is 0 Å². The SMILES string of the molecule is Cc1ccc(C)c(NC(=O)[C@@H]2CCCN2S(=O)(=O)c2ccc3c(c2)CCCC(=O)N3)c1. The summed E-state index contributed by atoms with van der Waals surface area (Å²) < 4.78 is 28.1. The normalized spacial score (nSPS) is 19.4. The van der Waals surface area contributed by atoms with Gasteiger partial charge in [-0.2, -0.15) is 4.31 Å². The first-order valence-corrected chi connectivity index (χ1v) is 12.0. The minimum Gasteiger partial charge on any atom is -0.326 e. The molecule has 2 aromatic carbocycles. The van der Waals surface area contributed by atoms with Gasteiger partial charge in [0.1, 0.15) is 6.04 Å². The average molecular weight is 442 g/mol. The summed E-state index contributed by atoms with van der Waals surface area (Å²) in [5, 5.41) is 5.74. The number of carbonyl (C=O) groups is 2. The minimum atomic E-state index is -3.84. The van der Waals surface area contributed by atoms with E-state index in [-0.39, 0.29) is 16.7 Å². The number of fused-ring (bicyclic) bond motifs is 1.